The van der Waals surface area contributed by atoms with Gasteiger partial charge in [-0.1, -0.05) is 23.3 Å². The summed E-state index contributed by atoms with van der Waals surface area (Å²) in [5.41, 5.74) is 1.67. The van der Waals surface area contributed by atoms with Gasteiger partial charge in [-0.05, 0) is 46.9 Å². The molecular weight excluding hydrogens is 456 g/mol. The van der Waals surface area contributed by atoms with Crippen molar-refractivity contribution in [1.29, 1.82) is 0 Å². The monoisotopic (exact) mass is 480 g/mol. The van der Waals surface area contributed by atoms with Crippen molar-refractivity contribution in [3.8, 4) is 28.6 Å². The zero-order valence-corrected chi connectivity index (χ0v) is 19.7. The fourth-order valence-electron chi connectivity index (χ4n) is 3.84. The molecule has 2 aromatic carbocycles. The van der Waals surface area contributed by atoms with E-state index in [1.807, 2.05) is 42.5 Å². The van der Waals surface area contributed by atoms with E-state index in [1.54, 1.807) is 29.6 Å². The lowest BCUT2D eigenvalue weighted by molar-refractivity contribution is 0.191. The predicted molar refractivity (Wildman–Crippen MR) is 127 cm³/mol. The highest BCUT2D eigenvalue weighted by Crippen LogP contribution is 2.29. The van der Waals surface area contributed by atoms with Crippen molar-refractivity contribution >= 4 is 18.2 Å². The van der Waals surface area contributed by atoms with E-state index in [1.165, 1.54) is 0 Å². The average molecular weight is 481 g/mol. The normalized spacial score (nSPS) is 14.4. The Morgan fingerprint density at radius 2 is 1.68 bits per heavy atom. The molecule has 11 nitrogen and oxygen atoms in total. The molecule has 1 aliphatic heterocycles. The molecule has 0 atom stereocenters. The third-order valence-electron chi connectivity index (χ3n) is 5.65. The van der Waals surface area contributed by atoms with Gasteiger partial charge in [-0.15, -0.1) is 5.10 Å². The topological polar surface area (TPSA) is 99.5 Å². The maximum Gasteiger partial charge on any atom is 0.288 e. The van der Waals surface area contributed by atoms with E-state index in [0.717, 1.165) is 43.4 Å². The van der Waals surface area contributed by atoms with Crippen LogP contribution in [0.3, 0.4) is 0 Å². The fraction of sp³-hybridized carbons (Fsp3) is 0.318. The molecule has 0 spiro atoms. The molecule has 0 bridgehead atoms. The van der Waals surface area contributed by atoms with Crippen LogP contribution < -0.4 is 14.4 Å². The van der Waals surface area contributed by atoms with Gasteiger partial charge >= 0.3 is 0 Å². The molecule has 34 heavy (non-hydrogen) atoms. The Balaban J connectivity index is 1.27. The van der Waals surface area contributed by atoms with Crippen LogP contribution in [0.1, 0.15) is 0 Å². The first-order valence-corrected chi connectivity index (χ1v) is 11.2. The molecule has 0 saturated carbocycles. The smallest absolute Gasteiger partial charge is 0.288 e. The van der Waals surface area contributed by atoms with Crippen LogP contribution >= 0.6 is 12.2 Å². The second-order valence-corrected chi connectivity index (χ2v) is 8.10. The first kappa shape index (κ1) is 22.0. The van der Waals surface area contributed by atoms with Gasteiger partial charge in [-0.25, -0.2) is 4.68 Å². The molecule has 2 aromatic heterocycles. The minimum Gasteiger partial charge on any atom is -0.497 e. The van der Waals surface area contributed by atoms with Gasteiger partial charge in [-0.3, -0.25) is 4.90 Å². The van der Waals surface area contributed by atoms with Crippen molar-refractivity contribution in [2.45, 2.75) is 6.67 Å². The van der Waals surface area contributed by atoms with Gasteiger partial charge in [0.15, 0.2) is 0 Å². The fourth-order valence-corrected chi connectivity index (χ4v) is 4.02. The Morgan fingerprint density at radius 3 is 2.35 bits per heavy atom. The van der Waals surface area contributed by atoms with Crippen LogP contribution in [-0.2, 0) is 6.67 Å². The molecule has 3 heterocycles. The maximum atomic E-state index is 5.77. The number of aromatic nitrogens is 6. The molecule has 0 unspecified atom stereocenters. The number of hydrogen-bond donors (Lipinski definition) is 0. The highest BCUT2D eigenvalue weighted by atomic mass is 32.1. The largest absolute Gasteiger partial charge is 0.497 e. The summed E-state index contributed by atoms with van der Waals surface area (Å²) in [5.74, 6) is 2.46. The zero-order valence-electron chi connectivity index (χ0n) is 18.9. The lowest BCUT2D eigenvalue weighted by Gasteiger charge is -2.34. The van der Waals surface area contributed by atoms with E-state index in [9.17, 15) is 0 Å². The summed E-state index contributed by atoms with van der Waals surface area (Å²) in [7, 11) is 3.20. The van der Waals surface area contributed by atoms with Gasteiger partial charge in [-0.2, -0.15) is 4.68 Å². The summed E-state index contributed by atoms with van der Waals surface area (Å²) < 4.78 is 19.9. The Kier molecular flexibility index (Phi) is 6.23. The average Bonchev–Trinajstić information content (AvgIpc) is 3.52. The molecule has 1 fully saturated rings. The summed E-state index contributed by atoms with van der Waals surface area (Å²) in [6.07, 6.45) is 0. The first-order valence-electron chi connectivity index (χ1n) is 10.8. The van der Waals surface area contributed by atoms with Crippen LogP contribution in [-0.4, -0.2) is 75.3 Å². The number of methoxy groups -OCH3 is 2. The highest BCUT2D eigenvalue weighted by molar-refractivity contribution is 7.71. The molecule has 1 aliphatic rings. The Morgan fingerprint density at radius 1 is 0.971 bits per heavy atom. The lowest BCUT2D eigenvalue weighted by Crippen LogP contribution is -2.47. The van der Waals surface area contributed by atoms with Crippen molar-refractivity contribution in [1.82, 2.24) is 34.9 Å². The van der Waals surface area contributed by atoms with E-state index in [2.05, 4.69) is 30.4 Å². The lowest BCUT2D eigenvalue weighted by atomic mass is 10.2. The minimum atomic E-state index is 0.312. The molecule has 4 aromatic rings. The number of para-hydroxylation sites is 1. The Bertz CT molecular complexity index is 1290. The number of benzene rings is 2. The van der Waals surface area contributed by atoms with Gasteiger partial charge in [0.25, 0.3) is 4.84 Å². The first-order chi connectivity index (χ1) is 16.6. The highest BCUT2D eigenvalue weighted by Gasteiger charge is 2.23. The van der Waals surface area contributed by atoms with Crippen LogP contribution in [0, 0.1) is 4.84 Å². The number of hydrogen-bond acceptors (Lipinski definition) is 10. The van der Waals surface area contributed by atoms with E-state index >= 15 is 0 Å². The molecule has 0 aliphatic carbocycles. The SMILES string of the molecule is COc1cc(OC)cc(-c2nn(CN3CCN(c4nnnn4-c4ccccc4)CC3)c(=S)o2)c1. The molecule has 0 N–H and O–H groups in total. The molecule has 5 rings (SSSR count). The molecule has 0 radical (unpaired) electrons. The third kappa shape index (κ3) is 4.50. The number of ether oxygens (including phenoxy) is 2. The summed E-state index contributed by atoms with van der Waals surface area (Å²) in [6.45, 7) is 3.69. The van der Waals surface area contributed by atoms with Crippen molar-refractivity contribution in [2.24, 2.45) is 0 Å². The van der Waals surface area contributed by atoms with E-state index < -0.39 is 0 Å². The van der Waals surface area contributed by atoms with Crippen molar-refractivity contribution in [2.75, 3.05) is 45.3 Å². The third-order valence-corrected chi connectivity index (χ3v) is 5.94. The minimum absolute atomic E-state index is 0.312. The van der Waals surface area contributed by atoms with Crippen LogP contribution in [0.4, 0.5) is 5.95 Å². The van der Waals surface area contributed by atoms with Gasteiger partial charge in [0.2, 0.25) is 11.8 Å². The number of nitrogens with zero attached hydrogens (tertiary/aromatic N) is 8. The molecule has 0 amide bonds. The second kappa shape index (κ2) is 9.61. The van der Waals surface area contributed by atoms with E-state index in [4.69, 9.17) is 26.1 Å². The second-order valence-electron chi connectivity index (χ2n) is 7.75. The van der Waals surface area contributed by atoms with E-state index in [-0.39, 0.29) is 0 Å². The van der Waals surface area contributed by atoms with Gasteiger partial charge < -0.3 is 18.8 Å². The Labute approximate surface area is 201 Å². The number of anilines is 1. The molecular formula is C22H24N8O3S. The molecule has 176 valence electrons. The standard InChI is InChI=1S/C22H24N8O3S/c1-31-18-12-16(13-19(14-18)32-2)20-24-29(22(34)33-20)15-27-8-10-28(11-9-27)21-23-25-26-30(21)17-6-4-3-5-7-17/h3-7,12-14H,8-11,15H2,1-2H3. The van der Waals surface area contributed by atoms with Gasteiger partial charge in [0.1, 0.15) is 11.5 Å². The van der Waals surface area contributed by atoms with Crippen molar-refractivity contribution in [3.63, 3.8) is 0 Å². The predicted octanol–water partition coefficient (Wildman–Crippen LogP) is 2.65. The van der Waals surface area contributed by atoms with Crippen molar-refractivity contribution in [3.05, 3.63) is 53.4 Å². The van der Waals surface area contributed by atoms with E-state index in [0.29, 0.717) is 28.9 Å². The van der Waals surface area contributed by atoms with Crippen LogP contribution in [0.25, 0.3) is 17.1 Å². The quantitative estimate of drug-likeness (QED) is 0.367. The molecule has 1 saturated heterocycles. The van der Waals surface area contributed by atoms with Crippen LogP contribution in [0.5, 0.6) is 11.5 Å². The van der Waals surface area contributed by atoms with Gasteiger partial charge in [0.05, 0.1) is 26.6 Å². The molecule has 12 heteroatoms. The summed E-state index contributed by atoms with van der Waals surface area (Å²) in [4.78, 5) is 4.76. The summed E-state index contributed by atoms with van der Waals surface area (Å²) >= 11 is 5.43. The zero-order chi connectivity index (χ0) is 23.5. The van der Waals surface area contributed by atoms with Crippen LogP contribution in [0.15, 0.2) is 52.9 Å². The maximum absolute atomic E-state index is 5.77. The summed E-state index contributed by atoms with van der Waals surface area (Å²) in [6, 6.07) is 15.3. The number of rotatable bonds is 7. The Hall–Kier alpha value is -3.77. The number of piperazine rings is 1. The van der Waals surface area contributed by atoms with Crippen LogP contribution in [0.2, 0.25) is 0 Å². The number of tetrazole rings is 1. The van der Waals surface area contributed by atoms with Crippen molar-refractivity contribution < 1.29 is 13.9 Å². The summed E-state index contributed by atoms with van der Waals surface area (Å²) in [5, 5.41) is 16.9. The van der Waals surface area contributed by atoms with Gasteiger partial charge in [0, 0.05) is 37.8 Å².